The van der Waals surface area contributed by atoms with Crippen LogP contribution in [0.3, 0.4) is 0 Å². The molecule has 0 aliphatic heterocycles. The molecule has 0 saturated carbocycles. The van der Waals surface area contributed by atoms with E-state index < -0.39 is 18.2 Å². The second-order valence-corrected chi connectivity index (χ2v) is 18.0. The molecule has 0 radical (unpaired) electrons. The van der Waals surface area contributed by atoms with Crippen LogP contribution >= 0.6 is 0 Å². The van der Waals surface area contributed by atoms with Gasteiger partial charge in [-0.05, 0) is 83.5 Å². The molecule has 3 N–H and O–H groups in total. The van der Waals surface area contributed by atoms with Crippen molar-refractivity contribution in [3.63, 3.8) is 0 Å². The van der Waals surface area contributed by atoms with Crippen LogP contribution < -0.4 is 5.32 Å². The lowest BCUT2D eigenvalue weighted by atomic mass is 10.0. The van der Waals surface area contributed by atoms with Crippen LogP contribution in [-0.4, -0.2) is 46.9 Å². The molecular weight excluding hydrogens is 779 g/mol. The first kappa shape index (κ1) is 60.3. The summed E-state index contributed by atoms with van der Waals surface area (Å²) in [7, 11) is 0. The zero-order valence-corrected chi connectivity index (χ0v) is 41.4. The number of carbonyl (C=O) groups is 2. The Bertz CT molecular complexity index is 1170. The standard InChI is InChI=1S/C57H101NO5/c1-4-7-10-13-16-19-22-25-27-28-29-31-33-36-39-42-45-48-53(63-57(62)50-47-44-41-38-35-30-24-21-18-15-12-9-6-3)51-56(61)58-54(52-59)55(60)49-46-43-40-37-34-32-26-23-20-17-14-11-8-5-2/h9,12,15-16,18-19,21,24-25,27,29,31,53-55,59-60H,4-8,10-11,13-14,17,20,22-23,26,28,30,32-52H2,1-3H3,(H,58,61)/b12-9+,18-15+,19-16-,24-21-,27-25-,31-29-. The van der Waals surface area contributed by atoms with Crippen molar-refractivity contribution in [3.8, 4) is 0 Å². The molecule has 0 bridgehead atoms. The molecule has 0 aromatic rings. The maximum Gasteiger partial charge on any atom is 0.306 e. The molecule has 0 spiro atoms. The Morgan fingerprint density at radius 3 is 1.46 bits per heavy atom. The van der Waals surface area contributed by atoms with Gasteiger partial charge in [0, 0.05) is 6.42 Å². The minimum absolute atomic E-state index is 0.0519. The summed E-state index contributed by atoms with van der Waals surface area (Å²) >= 11 is 0. The van der Waals surface area contributed by atoms with Gasteiger partial charge in [0.1, 0.15) is 6.10 Å². The number of aliphatic hydroxyl groups excluding tert-OH is 2. The molecule has 63 heavy (non-hydrogen) atoms. The molecule has 0 aromatic heterocycles. The Hall–Kier alpha value is -2.70. The van der Waals surface area contributed by atoms with E-state index in [1.54, 1.807) is 0 Å². The third-order valence-corrected chi connectivity index (χ3v) is 11.8. The van der Waals surface area contributed by atoms with Gasteiger partial charge in [0.05, 0.1) is 25.2 Å². The van der Waals surface area contributed by atoms with Crippen LogP contribution in [0.5, 0.6) is 0 Å². The Labute approximate surface area is 390 Å². The topological polar surface area (TPSA) is 95.9 Å². The summed E-state index contributed by atoms with van der Waals surface area (Å²) in [5.74, 6) is -0.519. The third-order valence-electron chi connectivity index (χ3n) is 11.8. The molecule has 0 fully saturated rings. The maximum absolute atomic E-state index is 13.2. The Balaban J connectivity index is 4.66. The van der Waals surface area contributed by atoms with E-state index >= 15 is 0 Å². The van der Waals surface area contributed by atoms with Gasteiger partial charge in [0.2, 0.25) is 5.91 Å². The first-order valence-corrected chi connectivity index (χ1v) is 26.7. The molecule has 0 saturated heterocycles. The van der Waals surface area contributed by atoms with E-state index in [9.17, 15) is 19.8 Å². The van der Waals surface area contributed by atoms with Crippen molar-refractivity contribution in [2.45, 2.75) is 270 Å². The van der Waals surface area contributed by atoms with Crippen molar-refractivity contribution < 1.29 is 24.5 Å². The van der Waals surface area contributed by atoms with Crippen LogP contribution in [0.15, 0.2) is 72.9 Å². The summed E-state index contributed by atoms with van der Waals surface area (Å²) < 4.78 is 5.92. The number of hydrogen-bond acceptors (Lipinski definition) is 5. The molecule has 3 atom stereocenters. The summed E-state index contributed by atoms with van der Waals surface area (Å²) in [5, 5.41) is 23.8. The molecular formula is C57H101NO5. The number of carbonyl (C=O) groups excluding carboxylic acids is 2. The Morgan fingerprint density at radius 1 is 0.492 bits per heavy atom. The molecule has 6 nitrogen and oxygen atoms in total. The van der Waals surface area contributed by atoms with E-state index in [0.717, 1.165) is 109 Å². The minimum Gasteiger partial charge on any atom is -0.462 e. The van der Waals surface area contributed by atoms with Gasteiger partial charge in [-0.3, -0.25) is 9.59 Å². The highest BCUT2D eigenvalue weighted by Crippen LogP contribution is 2.17. The van der Waals surface area contributed by atoms with E-state index in [0.29, 0.717) is 19.3 Å². The number of nitrogens with one attached hydrogen (secondary N) is 1. The Morgan fingerprint density at radius 2 is 0.921 bits per heavy atom. The Kier molecular flexibility index (Phi) is 48.1. The van der Waals surface area contributed by atoms with Crippen LogP contribution in [0.1, 0.15) is 252 Å². The molecule has 0 heterocycles. The minimum atomic E-state index is -0.801. The van der Waals surface area contributed by atoms with Gasteiger partial charge in [0.25, 0.3) is 0 Å². The van der Waals surface area contributed by atoms with Crippen LogP contribution in [0, 0.1) is 0 Å². The van der Waals surface area contributed by atoms with Crippen molar-refractivity contribution >= 4 is 11.9 Å². The largest absolute Gasteiger partial charge is 0.462 e. The monoisotopic (exact) mass is 880 g/mol. The molecule has 0 aliphatic rings. The highest BCUT2D eigenvalue weighted by atomic mass is 16.5. The van der Waals surface area contributed by atoms with Crippen LogP contribution in [0.25, 0.3) is 0 Å². The molecule has 3 unspecified atom stereocenters. The highest BCUT2D eigenvalue weighted by Gasteiger charge is 2.24. The lowest BCUT2D eigenvalue weighted by molar-refractivity contribution is -0.151. The summed E-state index contributed by atoms with van der Waals surface area (Å²) in [6, 6.07) is -0.716. The van der Waals surface area contributed by atoms with Crippen molar-refractivity contribution in [2.24, 2.45) is 0 Å². The van der Waals surface area contributed by atoms with Crippen molar-refractivity contribution in [1.29, 1.82) is 0 Å². The average molecular weight is 880 g/mol. The van der Waals surface area contributed by atoms with Crippen LogP contribution in [-0.2, 0) is 14.3 Å². The number of unbranched alkanes of at least 4 members (excludes halogenated alkanes) is 25. The first-order valence-electron chi connectivity index (χ1n) is 26.7. The van der Waals surface area contributed by atoms with E-state index in [2.05, 4.69) is 99.0 Å². The molecule has 0 aliphatic carbocycles. The van der Waals surface area contributed by atoms with Gasteiger partial charge in [-0.15, -0.1) is 0 Å². The zero-order valence-electron chi connectivity index (χ0n) is 41.4. The molecule has 0 aromatic carbocycles. The fourth-order valence-corrected chi connectivity index (χ4v) is 7.79. The second-order valence-electron chi connectivity index (χ2n) is 18.0. The number of ether oxygens (including phenoxy) is 1. The number of hydrogen-bond donors (Lipinski definition) is 3. The van der Waals surface area contributed by atoms with E-state index in [-0.39, 0.29) is 24.9 Å². The zero-order chi connectivity index (χ0) is 45.9. The summed E-state index contributed by atoms with van der Waals surface area (Å²) in [6.07, 6.45) is 63.8. The highest BCUT2D eigenvalue weighted by molar-refractivity contribution is 5.77. The van der Waals surface area contributed by atoms with Crippen LogP contribution in [0.2, 0.25) is 0 Å². The number of amides is 1. The molecule has 1 amide bonds. The normalized spacial score (nSPS) is 13.8. The van der Waals surface area contributed by atoms with Gasteiger partial charge in [-0.2, -0.15) is 0 Å². The predicted octanol–water partition coefficient (Wildman–Crippen LogP) is 16.2. The van der Waals surface area contributed by atoms with Gasteiger partial charge in [0.15, 0.2) is 0 Å². The van der Waals surface area contributed by atoms with Gasteiger partial charge < -0.3 is 20.3 Å². The van der Waals surface area contributed by atoms with E-state index in [1.165, 1.54) is 96.3 Å². The van der Waals surface area contributed by atoms with Gasteiger partial charge in [-0.1, -0.05) is 229 Å². The van der Waals surface area contributed by atoms with Crippen molar-refractivity contribution in [3.05, 3.63) is 72.9 Å². The lowest BCUT2D eigenvalue weighted by Gasteiger charge is -2.24. The van der Waals surface area contributed by atoms with Gasteiger partial charge >= 0.3 is 5.97 Å². The number of rotatable bonds is 47. The molecule has 0 rings (SSSR count). The molecule has 6 heteroatoms. The smallest absolute Gasteiger partial charge is 0.306 e. The third kappa shape index (κ3) is 45.7. The van der Waals surface area contributed by atoms with Crippen molar-refractivity contribution in [1.82, 2.24) is 5.32 Å². The summed E-state index contributed by atoms with van der Waals surface area (Å²) in [4.78, 5) is 26.2. The fraction of sp³-hybridized carbons (Fsp3) is 0.754. The van der Waals surface area contributed by atoms with Gasteiger partial charge in [-0.25, -0.2) is 0 Å². The predicted molar refractivity (Wildman–Crippen MR) is 273 cm³/mol. The van der Waals surface area contributed by atoms with E-state index in [1.807, 2.05) is 0 Å². The second kappa shape index (κ2) is 50.3. The fourth-order valence-electron chi connectivity index (χ4n) is 7.79. The number of allylic oxidation sites excluding steroid dienone is 12. The maximum atomic E-state index is 13.2. The number of aliphatic hydroxyl groups is 2. The number of esters is 1. The summed E-state index contributed by atoms with van der Waals surface area (Å²) in [6.45, 7) is 6.32. The first-order chi connectivity index (χ1) is 31.0. The molecule has 364 valence electrons. The van der Waals surface area contributed by atoms with E-state index in [4.69, 9.17) is 4.74 Å². The van der Waals surface area contributed by atoms with Crippen LogP contribution in [0.4, 0.5) is 0 Å². The quantitative estimate of drug-likeness (QED) is 0.0245. The SMILES string of the molecule is CC/C=C/C=C/C=C\CCCCCCCC(=O)OC(CCCCCC/C=C\C/C=C\C/C=C\CCCCC)CC(=O)NC(CO)C(O)CCCCCCCCCCCCCCCC. The lowest BCUT2D eigenvalue weighted by Crippen LogP contribution is -2.46. The summed E-state index contributed by atoms with van der Waals surface area (Å²) in [5.41, 5.74) is 0. The average Bonchev–Trinajstić information content (AvgIpc) is 3.28. The van der Waals surface area contributed by atoms with Crippen molar-refractivity contribution in [2.75, 3.05) is 6.61 Å².